The van der Waals surface area contributed by atoms with Crippen LogP contribution in [0.25, 0.3) is 10.9 Å². The Morgan fingerprint density at radius 2 is 2.25 bits per heavy atom. The van der Waals surface area contributed by atoms with Gasteiger partial charge in [-0.15, -0.1) is 0 Å². The second-order valence-corrected chi connectivity index (χ2v) is 7.07. The number of carbonyl (C=O) groups is 2. The molecule has 2 aromatic rings. The minimum absolute atomic E-state index is 0.0676. The van der Waals surface area contributed by atoms with E-state index in [0.717, 1.165) is 19.4 Å². The molecule has 0 unspecified atom stereocenters. The summed E-state index contributed by atoms with van der Waals surface area (Å²) in [5.74, 6) is -0.554. The van der Waals surface area contributed by atoms with E-state index in [9.17, 15) is 14.4 Å². The lowest BCUT2D eigenvalue weighted by atomic mass is 10.1. The molecule has 1 amide bonds. The number of nitrogens with zero attached hydrogens (tertiary/aromatic N) is 1. The van der Waals surface area contributed by atoms with E-state index in [0.29, 0.717) is 42.4 Å². The summed E-state index contributed by atoms with van der Waals surface area (Å²) in [6, 6.07) is 4.65. The molecule has 1 aromatic carbocycles. The van der Waals surface area contributed by atoms with Crippen LogP contribution in [0.2, 0.25) is 0 Å². The summed E-state index contributed by atoms with van der Waals surface area (Å²) in [7, 11) is 1.30. The van der Waals surface area contributed by atoms with E-state index < -0.39 is 5.97 Å². The number of H-pyrrole nitrogens is 1. The number of hydrogen-bond donors (Lipinski definition) is 2. The fraction of sp³-hybridized carbons (Fsp3) is 0.474. The molecule has 1 saturated heterocycles. The summed E-state index contributed by atoms with van der Waals surface area (Å²) in [5.41, 5.74) is 0.555. The number of esters is 1. The Bertz CT molecular complexity index is 991. The van der Waals surface area contributed by atoms with Crippen LogP contribution in [0.15, 0.2) is 23.0 Å². The number of aromatic nitrogens is 2. The predicted octanol–water partition coefficient (Wildman–Crippen LogP) is 1.92. The molecule has 0 spiro atoms. The van der Waals surface area contributed by atoms with Crippen molar-refractivity contribution in [1.82, 2.24) is 14.9 Å². The third-order valence-corrected chi connectivity index (χ3v) is 5.06. The van der Waals surface area contributed by atoms with Gasteiger partial charge in [0.25, 0.3) is 5.56 Å². The Kier molecular flexibility index (Phi) is 6.58. The minimum atomic E-state index is -0.487. The van der Waals surface area contributed by atoms with Crippen molar-refractivity contribution in [2.45, 2.75) is 38.3 Å². The standard InChI is InChI=1S/C19H23N3O5S/c1-26-18(25)12-6-7-14-15(10-12)21-19(28)22(17(14)24)8-2-5-16(23)20-11-13-4-3-9-27-13/h6-7,10,13H,2-5,8-9,11H2,1H3,(H,20,23)(H,21,28)/t13-/m0/s1. The molecule has 0 radical (unpaired) electrons. The lowest BCUT2D eigenvalue weighted by molar-refractivity contribution is -0.121. The molecule has 1 fully saturated rings. The molecule has 28 heavy (non-hydrogen) atoms. The molecule has 150 valence electrons. The van der Waals surface area contributed by atoms with Gasteiger partial charge in [0.05, 0.1) is 29.7 Å². The van der Waals surface area contributed by atoms with Crippen molar-refractivity contribution in [2.75, 3.05) is 20.3 Å². The van der Waals surface area contributed by atoms with Crippen LogP contribution in [0, 0.1) is 4.77 Å². The van der Waals surface area contributed by atoms with Crippen LogP contribution < -0.4 is 10.9 Å². The van der Waals surface area contributed by atoms with Gasteiger partial charge < -0.3 is 19.8 Å². The average molecular weight is 405 g/mol. The maximum atomic E-state index is 12.7. The molecule has 9 heteroatoms. The molecule has 2 heterocycles. The van der Waals surface area contributed by atoms with Crippen LogP contribution in [-0.4, -0.2) is 47.8 Å². The van der Waals surface area contributed by atoms with Gasteiger partial charge in [0.2, 0.25) is 5.91 Å². The van der Waals surface area contributed by atoms with Crippen molar-refractivity contribution in [3.8, 4) is 0 Å². The molecule has 0 bridgehead atoms. The number of ether oxygens (including phenoxy) is 2. The van der Waals surface area contributed by atoms with Crippen LogP contribution in [0.4, 0.5) is 0 Å². The summed E-state index contributed by atoms with van der Waals surface area (Å²) < 4.78 is 11.8. The fourth-order valence-electron chi connectivity index (χ4n) is 3.22. The van der Waals surface area contributed by atoms with Crippen molar-refractivity contribution < 1.29 is 19.1 Å². The first-order valence-corrected chi connectivity index (χ1v) is 9.64. The lowest BCUT2D eigenvalue weighted by Crippen LogP contribution is -2.32. The number of amides is 1. The second-order valence-electron chi connectivity index (χ2n) is 6.68. The van der Waals surface area contributed by atoms with E-state index in [-0.39, 0.29) is 22.3 Å². The first-order chi connectivity index (χ1) is 13.5. The highest BCUT2D eigenvalue weighted by Gasteiger charge is 2.16. The number of benzene rings is 1. The number of fused-ring (bicyclic) bond motifs is 1. The largest absolute Gasteiger partial charge is 0.465 e. The molecule has 0 saturated carbocycles. The SMILES string of the molecule is COC(=O)c1ccc2c(=O)n(CCCC(=O)NC[C@@H]3CCCO3)c(=S)[nH]c2c1. The topological polar surface area (TPSA) is 102 Å². The number of rotatable bonds is 7. The Hall–Kier alpha value is -2.52. The Balaban J connectivity index is 1.64. The molecule has 0 aliphatic carbocycles. The Morgan fingerprint density at radius 1 is 1.43 bits per heavy atom. The highest BCUT2D eigenvalue weighted by atomic mass is 32.1. The van der Waals surface area contributed by atoms with Gasteiger partial charge in [-0.2, -0.15) is 0 Å². The van der Waals surface area contributed by atoms with Crippen LogP contribution in [0.5, 0.6) is 0 Å². The summed E-state index contributed by atoms with van der Waals surface area (Å²) in [6.45, 7) is 1.61. The molecule has 1 aliphatic heterocycles. The lowest BCUT2D eigenvalue weighted by Gasteiger charge is -2.11. The predicted molar refractivity (Wildman–Crippen MR) is 106 cm³/mol. The third kappa shape index (κ3) is 4.66. The number of aromatic amines is 1. The third-order valence-electron chi connectivity index (χ3n) is 4.74. The smallest absolute Gasteiger partial charge is 0.337 e. The van der Waals surface area contributed by atoms with Crippen molar-refractivity contribution in [2.24, 2.45) is 0 Å². The quantitative estimate of drug-likeness (QED) is 0.539. The van der Waals surface area contributed by atoms with Crippen LogP contribution in [0.3, 0.4) is 0 Å². The zero-order valence-corrected chi connectivity index (χ0v) is 16.5. The molecule has 3 rings (SSSR count). The van der Waals surface area contributed by atoms with Gasteiger partial charge >= 0.3 is 5.97 Å². The number of nitrogens with one attached hydrogen (secondary N) is 2. The van der Waals surface area contributed by atoms with E-state index in [4.69, 9.17) is 17.0 Å². The van der Waals surface area contributed by atoms with Gasteiger partial charge in [0.15, 0.2) is 4.77 Å². The first kappa shape index (κ1) is 20.2. The van der Waals surface area contributed by atoms with Gasteiger partial charge in [-0.05, 0) is 49.7 Å². The van der Waals surface area contributed by atoms with E-state index in [1.54, 1.807) is 12.1 Å². The highest BCUT2D eigenvalue weighted by Crippen LogP contribution is 2.12. The van der Waals surface area contributed by atoms with Gasteiger partial charge in [-0.1, -0.05) is 0 Å². The second kappa shape index (κ2) is 9.11. The monoisotopic (exact) mass is 405 g/mol. The van der Waals surface area contributed by atoms with Crippen LogP contribution in [0.1, 0.15) is 36.0 Å². The number of methoxy groups -OCH3 is 1. The average Bonchev–Trinajstić information content (AvgIpc) is 3.21. The van der Waals surface area contributed by atoms with Gasteiger partial charge in [-0.3, -0.25) is 14.2 Å². The molecular formula is C19H23N3O5S. The van der Waals surface area contributed by atoms with Crippen LogP contribution in [-0.2, 0) is 20.8 Å². The van der Waals surface area contributed by atoms with E-state index in [1.165, 1.54) is 17.7 Å². The van der Waals surface area contributed by atoms with Crippen molar-refractivity contribution in [1.29, 1.82) is 0 Å². The summed E-state index contributed by atoms with van der Waals surface area (Å²) in [5, 5.41) is 3.28. The molecule has 1 atom stereocenters. The van der Waals surface area contributed by atoms with Crippen LogP contribution >= 0.6 is 12.2 Å². The molecule has 8 nitrogen and oxygen atoms in total. The van der Waals surface area contributed by atoms with Gasteiger partial charge in [0, 0.05) is 26.1 Å². The summed E-state index contributed by atoms with van der Waals surface area (Å²) in [4.78, 5) is 39.3. The zero-order valence-electron chi connectivity index (χ0n) is 15.7. The van der Waals surface area contributed by atoms with Gasteiger partial charge in [0.1, 0.15) is 0 Å². The molecular weight excluding hydrogens is 382 g/mol. The van der Waals surface area contributed by atoms with E-state index in [2.05, 4.69) is 15.0 Å². The van der Waals surface area contributed by atoms with E-state index in [1.807, 2.05) is 0 Å². The molecule has 2 N–H and O–H groups in total. The summed E-state index contributed by atoms with van der Waals surface area (Å²) >= 11 is 5.28. The van der Waals surface area contributed by atoms with Crippen molar-refractivity contribution >= 4 is 35.0 Å². The Morgan fingerprint density at radius 3 is 2.96 bits per heavy atom. The maximum absolute atomic E-state index is 12.7. The first-order valence-electron chi connectivity index (χ1n) is 9.23. The Labute approximate surface area is 166 Å². The highest BCUT2D eigenvalue weighted by molar-refractivity contribution is 7.71. The zero-order chi connectivity index (χ0) is 20.1. The number of hydrogen-bond acceptors (Lipinski definition) is 6. The van der Waals surface area contributed by atoms with Crippen molar-refractivity contribution in [3.63, 3.8) is 0 Å². The number of carbonyl (C=O) groups excluding carboxylic acids is 2. The van der Waals surface area contributed by atoms with Crippen molar-refractivity contribution in [3.05, 3.63) is 38.9 Å². The normalized spacial score (nSPS) is 16.2. The minimum Gasteiger partial charge on any atom is -0.465 e. The van der Waals surface area contributed by atoms with Gasteiger partial charge in [-0.25, -0.2) is 4.79 Å². The maximum Gasteiger partial charge on any atom is 0.337 e. The molecule has 1 aromatic heterocycles. The van der Waals surface area contributed by atoms with E-state index >= 15 is 0 Å². The fourth-order valence-corrected chi connectivity index (χ4v) is 3.51. The summed E-state index contributed by atoms with van der Waals surface area (Å²) in [6.07, 6.45) is 2.90. The molecule has 1 aliphatic rings.